The molecular weight excluding hydrogens is 272 g/mol. The standard InChI is InChI=1S/C19H30N2O/c1-3-17-7-9-18(10-8-17)14-19(22)20-11-5-13-21-12-4-6-16(2)15-21/h7-10,16H,3-6,11-15H2,1-2H3,(H,20,22). The van der Waals surface area contributed by atoms with Gasteiger partial charge in [-0.05, 0) is 55.8 Å². The molecule has 1 amide bonds. The Morgan fingerprint density at radius 3 is 2.68 bits per heavy atom. The van der Waals surface area contributed by atoms with Crippen molar-refractivity contribution in [2.24, 2.45) is 5.92 Å². The molecule has 22 heavy (non-hydrogen) atoms. The second-order valence-corrected chi connectivity index (χ2v) is 6.60. The maximum Gasteiger partial charge on any atom is 0.224 e. The molecular formula is C19H30N2O. The van der Waals surface area contributed by atoms with E-state index in [2.05, 4.69) is 48.3 Å². The van der Waals surface area contributed by atoms with E-state index in [-0.39, 0.29) is 5.91 Å². The van der Waals surface area contributed by atoms with Crippen LogP contribution in [0.1, 0.15) is 44.2 Å². The average Bonchev–Trinajstić information content (AvgIpc) is 2.52. The molecule has 0 radical (unpaired) electrons. The maximum atomic E-state index is 11.9. The Morgan fingerprint density at radius 1 is 1.27 bits per heavy atom. The summed E-state index contributed by atoms with van der Waals surface area (Å²) >= 11 is 0. The van der Waals surface area contributed by atoms with Crippen molar-refractivity contribution in [1.82, 2.24) is 10.2 Å². The normalized spacial score (nSPS) is 19.1. The molecule has 122 valence electrons. The van der Waals surface area contributed by atoms with Crippen LogP contribution in [0.5, 0.6) is 0 Å². The third kappa shape index (κ3) is 5.80. The van der Waals surface area contributed by atoms with Crippen molar-refractivity contribution in [1.29, 1.82) is 0 Å². The van der Waals surface area contributed by atoms with Gasteiger partial charge < -0.3 is 10.2 Å². The van der Waals surface area contributed by atoms with Crippen molar-refractivity contribution in [2.45, 2.75) is 46.0 Å². The lowest BCUT2D eigenvalue weighted by Crippen LogP contribution is -2.36. The molecule has 0 saturated carbocycles. The van der Waals surface area contributed by atoms with Gasteiger partial charge >= 0.3 is 0 Å². The average molecular weight is 302 g/mol. The number of piperidine rings is 1. The molecule has 1 unspecified atom stereocenters. The fourth-order valence-corrected chi connectivity index (χ4v) is 3.16. The lowest BCUT2D eigenvalue weighted by Gasteiger charge is -2.30. The molecule has 1 N–H and O–H groups in total. The largest absolute Gasteiger partial charge is 0.356 e. The van der Waals surface area contributed by atoms with Gasteiger partial charge in [0, 0.05) is 13.1 Å². The van der Waals surface area contributed by atoms with Gasteiger partial charge in [0.05, 0.1) is 6.42 Å². The van der Waals surface area contributed by atoms with Crippen molar-refractivity contribution in [3.8, 4) is 0 Å². The van der Waals surface area contributed by atoms with Gasteiger partial charge in [-0.3, -0.25) is 4.79 Å². The van der Waals surface area contributed by atoms with E-state index in [4.69, 9.17) is 0 Å². The van der Waals surface area contributed by atoms with Gasteiger partial charge in [-0.2, -0.15) is 0 Å². The van der Waals surface area contributed by atoms with Gasteiger partial charge in [-0.15, -0.1) is 0 Å². The van der Waals surface area contributed by atoms with E-state index in [0.717, 1.165) is 37.4 Å². The van der Waals surface area contributed by atoms with Gasteiger partial charge in [-0.25, -0.2) is 0 Å². The molecule has 1 aliphatic rings. The minimum absolute atomic E-state index is 0.135. The Hall–Kier alpha value is -1.35. The zero-order valence-electron chi connectivity index (χ0n) is 14.1. The lowest BCUT2D eigenvalue weighted by atomic mass is 10.0. The van der Waals surface area contributed by atoms with Crippen LogP contribution in [0.4, 0.5) is 0 Å². The molecule has 3 nitrogen and oxygen atoms in total. The fourth-order valence-electron chi connectivity index (χ4n) is 3.16. The van der Waals surface area contributed by atoms with E-state index in [0.29, 0.717) is 6.42 Å². The Morgan fingerprint density at radius 2 is 2.00 bits per heavy atom. The Balaban J connectivity index is 1.61. The number of carbonyl (C=O) groups is 1. The second-order valence-electron chi connectivity index (χ2n) is 6.60. The van der Waals surface area contributed by atoms with Gasteiger partial charge in [-0.1, -0.05) is 38.1 Å². The predicted molar refractivity (Wildman–Crippen MR) is 92.0 cm³/mol. The summed E-state index contributed by atoms with van der Waals surface area (Å²) in [5.41, 5.74) is 2.42. The van der Waals surface area contributed by atoms with Gasteiger partial charge in [0.25, 0.3) is 0 Å². The minimum atomic E-state index is 0.135. The lowest BCUT2D eigenvalue weighted by molar-refractivity contribution is -0.120. The summed E-state index contributed by atoms with van der Waals surface area (Å²) in [5, 5.41) is 3.04. The Bertz CT molecular complexity index is 455. The number of hydrogen-bond acceptors (Lipinski definition) is 2. The number of hydrogen-bond donors (Lipinski definition) is 1. The highest BCUT2D eigenvalue weighted by Crippen LogP contribution is 2.15. The number of carbonyl (C=O) groups excluding carboxylic acids is 1. The summed E-state index contributed by atoms with van der Waals surface area (Å²) in [6.07, 6.45) is 5.27. The van der Waals surface area contributed by atoms with Crippen molar-refractivity contribution in [3.05, 3.63) is 35.4 Å². The third-order valence-corrected chi connectivity index (χ3v) is 4.51. The molecule has 1 aromatic rings. The number of likely N-dealkylation sites (tertiary alicyclic amines) is 1. The van der Waals surface area contributed by atoms with Crippen molar-refractivity contribution in [2.75, 3.05) is 26.2 Å². The van der Waals surface area contributed by atoms with Crippen molar-refractivity contribution < 1.29 is 4.79 Å². The van der Waals surface area contributed by atoms with E-state index in [1.54, 1.807) is 0 Å². The molecule has 1 aromatic carbocycles. The van der Waals surface area contributed by atoms with E-state index in [1.807, 2.05) is 0 Å². The van der Waals surface area contributed by atoms with E-state index >= 15 is 0 Å². The molecule has 0 bridgehead atoms. The summed E-state index contributed by atoms with van der Waals surface area (Å²) < 4.78 is 0. The van der Waals surface area contributed by atoms with Crippen LogP contribution in [0.25, 0.3) is 0 Å². The number of nitrogens with zero attached hydrogens (tertiary/aromatic N) is 1. The first-order valence-electron chi connectivity index (χ1n) is 8.74. The minimum Gasteiger partial charge on any atom is -0.356 e. The molecule has 1 saturated heterocycles. The monoisotopic (exact) mass is 302 g/mol. The van der Waals surface area contributed by atoms with E-state index < -0.39 is 0 Å². The number of amides is 1. The molecule has 1 atom stereocenters. The maximum absolute atomic E-state index is 11.9. The van der Waals surface area contributed by atoms with E-state index in [1.165, 1.54) is 31.5 Å². The number of benzene rings is 1. The van der Waals surface area contributed by atoms with Crippen LogP contribution in [0.3, 0.4) is 0 Å². The molecule has 0 aromatic heterocycles. The molecule has 1 aliphatic heterocycles. The van der Waals surface area contributed by atoms with Crippen LogP contribution in [0.15, 0.2) is 24.3 Å². The smallest absolute Gasteiger partial charge is 0.224 e. The van der Waals surface area contributed by atoms with Crippen LogP contribution in [0.2, 0.25) is 0 Å². The predicted octanol–water partition coefficient (Wildman–Crippen LogP) is 3.03. The Kier molecular flexibility index (Phi) is 6.91. The molecule has 1 heterocycles. The summed E-state index contributed by atoms with van der Waals surface area (Å²) in [4.78, 5) is 14.5. The van der Waals surface area contributed by atoms with Crippen LogP contribution in [-0.2, 0) is 17.6 Å². The first kappa shape index (κ1) is 17.0. The molecule has 3 heteroatoms. The van der Waals surface area contributed by atoms with Crippen molar-refractivity contribution >= 4 is 5.91 Å². The molecule has 0 aliphatic carbocycles. The summed E-state index contributed by atoms with van der Waals surface area (Å²) in [5.74, 6) is 0.964. The Labute approximate surface area is 135 Å². The van der Waals surface area contributed by atoms with Crippen LogP contribution < -0.4 is 5.32 Å². The number of rotatable bonds is 7. The van der Waals surface area contributed by atoms with Crippen LogP contribution >= 0.6 is 0 Å². The number of nitrogens with one attached hydrogen (secondary N) is 1. The van der Waals surface area contributed by atoms with Crippen LogP contribution in [0, 0.1) is 5.92 Å². The summed E-state index contributed by atoms with van der Waals surface area (Å²) in [6.45, 7) is 8.81. The highest BCUT2D eigenvalue weighted by molar-refractivity contribution is 5.78. The summed E-state index contributed by atoms with van der Waals surface area (Å²) in [6, 6.07) is 8.35. The zero-order chi connectivity index (χ0) is 15.8. The van der Waals surface area contributed by atoms with Gasteiger partial charge in [0.15, 0.2) is 0 Å². The first-order valence-corrected chi connectivity index (χ1v) is 8.74. The highest BCUT2D eigenvalue weighted by atomic mass is 16.1. The quantitative estimate of drug-likeness (QED) is 0.785. The second kappa shape index (κ2) is 8.94. The molecule has 2 rings (SSSR count). The SMILES string of the molecule is CCc1ccc(CC(=O)NCCCN2CCCC(C)C2)cc1. The summed E-state index contributed by atoms with van der Waals surface area (Å²) in [7, 11) is 0. The zero-order valence-corrected chi connectivity index (χ0v) is 14.1. The van der Waals surface area contributed by atoms with E-state index in [9.17, 15) is 4.79 Å². The fraction of sp³-hybridized carbons (Fsp3) is 0.632. The third-order valence-electron chi connectivity index (χ3n) is 4.51. The molecule has 0 spiro atoms. The van der Waals surface area contributed by atoms with Crippen molar-refractivity contribution in [3.63, 3.8) is 0 Å². The van der Waals surface area contributed by atoms with Crippen LogP contribution in [-0.4, -0.2) is 37.0 Å². The van der Waals surface area contributed by atoms with Gasteiger partial charge in [0.1, 0.15) is 0 Å². The topological polar surface area (TPSA) is 32.3 Å². The molecule has 1 fully saturated rings. The highest BCUT2D eigenvalue weighted by Gasteiger charge is 2.15. The number of aryl methyl sites for hydroxylation is 1. The first-order chi connectivity index (χ1) is 10.7. The van der Waals surface area contributed by atoms with Gasteiger partial charge in [0.2, 0.25) is 5.91 Å².